The Hall–Kier alpha value is -1.04. The van der Waals surface area contributed by atoms with Crippen molar-refractivity contribution in [2.45, 2.75) is 12.5 Å². The van der Waals surface area contributed by atoms with Crippen molar-refractivity contribution in [3.63, 3.8) is 0 Å². The average molecular weight is 334 g/mol. The molecule has 3 N–H and O–H groups in total. The maximum absolute atomic E-state index is 11.2. The highest BCUT2D eigenvalue weighted by Gasteiger charge is 2.15. The summed E-state index contributed by atoms with van der Waals surface area (Å²) < 4.78 is 5.60. The minimum atomic E-state index is -0.356. The maximum atomic E-state index is 11.2. The van der Waals surface area contributed by atoms with E-state index < -0.39 is 0 Å². The Labute approximate surface area is 119 Å². The lowest BCUT2D eigenvalue weighted by Gasteiger charge is -2.09. The molecule has 98 valence electrons. The Morgan fingerprint density at radius 2 is 2.28 bits per heavy atom. The number of hydrogen-bond donors (Lipinski definition) is 2. The molecule has 0 spiro atoms. The Morgan fingerprint density at radius 3 is 2.94 bits per heavy atom. The first kappa shape index (κ1) is 15.0. The van der Waals surface area contributed by atoms with Crippen LogP contribution in [0.25, 0.3) is 10.9 Å². The van der Waals surface area contributed by atoms with Crippen LogP contribution >= 0.6 is 28.3 Å². The molecule has 0 fully saturated rings. The van der Waals surface area contributed by atoms with E-state index >= 15 is 0 Å². The van der Waals surface area contributed by atoms with Crippen molar-refractivity contribution in [1.82, 2.24) is 4.98 Å². The largest absolute Gasteiger partial charge is 0.469 e. The van der Waals surface area contributed by atoms with E-state index in [4.69, 9.17) is 5.73 Å². The summed E-state index contributed by atoms with van der Waals surface area (Å²) in [6.07, 6.45) is 2.01. The van der Waals surface area contributed by atoms with Gasteiger partial charge in [-0.15, -0.1) is 12.4 Å². The second-order valence-electron chi connectivity index (χ2n) is 3.82. The van der Waals surface area contributed by atoms with Crippen molar-refractivity contribution >= 4 is 45.2 Å². The number of halogens is 2. The molecule has 1 aromatic carbocycles. The third-order valence-corrected chi connectivity index (χ3v) is 3.18. The first-order valence-corrected chi connectivity index (χ1v) is 6.00. The molecule has 0 aliphatic heterocycles. The molecule has 4 nitrogen and oxygen atoms in total. The molecule has 0 bridgehead atoms. The maximum Gasteiger partial charge on any atom is 0.307 e. The second kappa shape index (κ2) is 6.22. The fourth-order valence-electron chi connectivity index (χ4n) is 1.79. The van der Waals surface area contributed by atoms with E-state index in [9.17, 15) is 4.79 Å². The number of carbonyl (C=O) groups is 1. The number of carbonyl (C=O) groups excluding carboxylic acids is 1. The van der Waals surface area contributed by atoms with Gasteiger partial charge in [0.15, 0.2) is 0 Å². The Morgan fingerprint density at radius 1 is 1.56 bits per heavy atom. The summed E-state index contributed by atoms with van der Waals surface area (Å²) in [5.74, 6) is -0.304. The Kier molecular flexibility index (Phi) is 5.19. The Bertz CT molecular complexity index is 556. The van der Waals surface area contributed by atoms with Gasteiger partial charge in [0.1, 0.15) is 0 Å². The average Bonchev–Trinajstić information content (AvgIpc) is 2.71. The summed E-state index contributed by atoms with van der Waals surface area (Å²) in [5.41, 5.74) is 7.92. The fraction of sp³-hybridized carbons (Fsp3) is 0.250. The number of aromatic amines is 1. The van der Waals surface area contributed by atoms with Crippen LogP contribution in [0.5, 0.6) is 0 Å². The van der Waals surface area contributed by atoms with Gasteiger partial charge in [0, 0.05) is 27.6 Å². The summed E-state index contributed by atoms with van der Waals surface area (Å²) >= 11 is 3.42. The van der Waals surface area contributed by atoms with E-state index in [-0.39, 0.29) is 30.8 Å². The van der Waals surface area contributed by atoms with Crippen LogP contribution in [-0.4, -0.2) is 18.1 Å². The van der Waals surface area contributed by atoms with E-state index in [0.29, 0.717) is 0 Å². The van der Waals surface area contributed by atoms with Crippen molar-refractivity contribution in [1.29, 1.82) is 0 Å². The zero-order valence-corrected chi connectivity index (χ0v) is 12.2. The van der Waals surface area contributed by atoms with E-state index in [2.05, 4.69) is 25.7 Å². The number of H-pyrrole nitrogens is 1. The summed E-state index contributed by atoms with van der Waals surface area (Å²) in [6.45, 7) is 0. The number of nitrogens with two attached hydrogens (primary N) is 1. The Balaban J connectivity index is 0.00000162. The third-order valence-electron chi connectivity index (χ3n) is 2.69. The number of hydrogen-bond acceptors (Lipinski definition) is 3. The minimum Gasteiger partial charge on any atom is -0.469 e. The summed E-state index contributed by atoms with van der Waals surface area (Å²) in [6, 6.07) is 5.55. The zero-order valence-electron chi connectivity index (χ0n) is 9.77. The van der Waals surface area contributed by atoms with Gasteiger partial charge < -0.3 is 15.5 Å². The molecular formula is C12H14BrClN2O2. The van der Waals surface area contributed by atoms with Crippen LogP contribution in [0.3, 0.4) is 0 Å². The zero-order chi connectivity index (χ0) is 12.4. The van der Waals surface area contributed by atoms with E-state index in [1.54, 1.807) is 0 Å². The van der Waals surface area contributed by atoms with Gasteiger partial charge in [-0.05, 0) is 23.8 Å². The number of nitrogens with one attached hydrogen (secondary N) is 1. The highest BCUT2D eigenvalue weighted by atomic mass is 79.9. The van der Waals surface area contributed by atoms with Gasteiger partial charge in [-0.25, -0.2) is 0 Å². The normalized spacial score (nSPS) is 11.9. The molecule has 0 aliphatic rings. The van der Waals surface area contributed by atoms with Crippen LogP contribution in [-0.2, 0) is 9.53 Å². The molecule has 18 heavy (non-hydrogen) atoms. The van der Waals surface area contributed by atoms with Gasteiger partial charge in [0.05, 0.1) is 13.5 Å². The van der Waals surface area contributed by atoms with Gasteiger partial charge in [-0.2, -0.15) is 0 Å². The first-order chi connectivity index (χ1) is 8.11. The third kappa shape index (κ3) is 3.04. The van der Waals surface area contributed by atoms with Gasteiger partial charge >= 0.3 is 5.97 Å². The molecule has 0 amide bonds. The molecular weight excluding hydrogens is 320 g/mol. The number of rotatable bonds is 3. The van der Waals surface area contributed by atoms with E-state index in [1.807, 2.05) is 24.4 Å². The lowest BCUT2D eigenvalue weighted by molar-refractivity contribution is -0.141. The topological polar surface area (TPSA) is 68.1 Å². The number of fused-ring (bicyclic) bond motifs is 1. The fourth-order valence-corrected chi connectivity index (χ4v) is 2.16. The van der Waals surface area contributed by atoms with E-state index in [1.165, 1.54) is 7.11 Å². The predicted molar refractivity (Wildman–Crippen MR) is 76.8 cm³/mol. The minimum absolute atomic E-state index is 0. The van der Waals surface area contributed by atoms with Crippen LogP contribution < -0.4 is 5.73 Å². The molecule has 1 atom stereocenters. The molecule has 0 saturated carbocycles. The van der Waals surface area contributed by atoms with Gasteiger partial charge in [0.2, 0.25) is 0 Å². The van der Waals surface area contributed by atoms with Crippen molar-refractivity contribution < 1.29 is 9.53 Å². The molecule has 0 saturated heterocycles. The smallest absolute Gasteiger partial charge is 0.307 e. The molecule has 0 aliphatic carbocycles. The molecule has 1 heterocycles. The first-order valence-electron chi connectivity index (χ1n) is 5.20. The van der Waals surface area contributed by atoms with E-state index in [0.717, 1.165) is 20.9 Å². The molecule has 1 aromatic heterocycles. The van der Waals surface area contributed by atoms with Crippen molar-refractivity contribution in [3.05, 3.63) is 34.4 Å². The summed E-state index contributed by atoms with van der Waals surface area (Å²) in [5, 5.41) is 1.02. The SMILES string of the molecule is COC(=O)C[C@@H](N)c1c[nH]c2ccc(Br)cc12.Cl. The molecule has 0 radical (unpaired) electrons. The lowest BCUT2D eigenvalue weighted by atomic mass is 10.0. The van der Waals surface area contributed by atoms with Gasteiger partial charge in [0.25, 0.3) is 0 Å². The van der Waals surface area contributed by atoms with Gasteiger partial charge in [-0.1, -0.05) is 15.9 Å². The van der Waals surface area contributed by atoms with Crippen molar-refractivity contribution in [2.75, 3.05) is 7.11 Å². The van der Waals surface area contributed by atoms with Crippen LogP contribution in [0.4, 0.5) is 0 Å². The summed E-state index contributed by atoms with van der Waals surface area (Å²) in [4.78, 5) is 14.3. The number of methoxy groups -OCH3 is 1. The molecule has 2 aromatic rings. The van der Waals surface area contributed by atoms with Crippen LogP contribution in [0, 0.1) is 0 Å². The van der Waals surface area contributed by atoms with Crippen LogP contribution in [0.1, 0.15) is 18.0 Å². The molecule has 0 unspecified atom stereocenters. The lowest BCUT2D eigenvalue weighted by Crippen LogP contribution is -2.15. The van der Waals surface area contributed by atoms with Crippen LogP contribution in [0.15, 0.2) is 28.9 Å². The number of ether oxygens (including phenoxy) is 1. The van der Waals surface area contributed by atoms with Crippen molar-refractivity contribution in [3.8, 4) is 0 Å². The number of benzene rings is 1. The van der Waals surface area contributed by atoms with Crippen molar-refractivity contribution in [2.24, 2.45) is 5.73 Å². The standard InChI is InChI=1S/C12H13BrN2O2.ClH/c1-17-12(16)5-10(14)9-6-15-11-3-2-7(13)4-8(9)11;/h2-4,6,10,15H,5,14H2,1H3;1H/t10-;/m1./s1. The van der Waals surface area contributed by atoms with Gasteiger partial charge in [-0.3, -0.25) is 4.79 Å². The molecule has 2 rings (SSSR count). The highest BCUT2D eigenvalue weighted by molar-refractivity contribution is 9.10. The predicted octanol–water partition coefficient (Wildman–Crippen LogP) is 2.92. The monoisotopic (exact) mass is 332 g/mol. The quantitative estimate of drug-likeness (QED) is 0.849. The molecule has 6 heteroatoms. The van der Waals surface area contributed by atoms with Crippen LogP contribution in [0.2, 0.25) is 0 Å². The number of esters is 1. The number of aromatic nitrogens is 1. The second-order valence-corrected chi connectivity index (χ2v) is 4.74. The highest BCUT2D eigenvalue weighted by Crippen LogP contribution is 2.27. The summed E-state index contributed by atoms with van der Waals surface area (Å²) in [7, 11) is 1.36.